The van der Waals surface area contributed by atoms with Crippen molar-refractivity contribution < 1.29 is 33.4 Å². The maximum atomic E-state index is 14.3. The van der Waals surface area contributed by atoms with Crippen LogP contribution in [0.2, 0.25) is 18.1 Å². The third kappa shape index (κ3) is 12.2. The van der Waals surface area contributed by atoms with Crippen LogP contribution in [-0.4, -0.2) is 84.8 Å². The molecule has 2 aromatic rings. The Morgan fingerprint density at radius 3 is 2.28 bits per heavy atom. The number of esters is 1. The molecule has 1 aliphatic heterocycles. The summed E-state index contributed by atoms with van der Waals surface area (Å²) < 4.78 is 11.7. The summed E-state index contributed by atoms with van der Waals surface area (Å²) in [6.07, 6.45) is 4.10. The minimum absolute atomic E-state index is 0.0909. The Balaban J connectivity index is 1.81. The fourth-order valence-corrected chi connectivity index (χ4v) is 6.68. The molecular formula is C39H58Cl2N4O7Si. The van der Waals surface area contributed by atoms with E-state index < -0.39 is 66.5 Å². The highest BCUT2D eigenvalue weighted by molar-refractivity contribution is 6.74. The number of carbonyl (C=O) groups excluding carboxylic acids is 4. The summed E-state index contributed by atoms with van der Waals surface area (Å²) in [4.78, 5) is 53.0. The number of ether oxygens (including phenoxy) is 1. The van der Waals surface area contributed by atoms with Crippen LogP contribution in [0.3, 0.4) is 0 Å². The van der Waals surface area contributed by atoms with Gasteiger partial charge in [-0.1, -0.05) is 71.0 Å². The lowest BCUT2D eigenvalue weighted by Gasteiger charge is -2.39. The minimum atomic E-state index is -2.28. The van der Waals surface area contributed by atoms with Gasteiger partial charge in [-0.3, -0.25) is 24.2 Å². The SMILES string of the molecule is CC(C)[C@H](NC(=O)[C@](C)(/C=C/c1ccc2ccc([C@@H](C)O)cc2c1)CO[Si](C)(C)C(C)(C)C)C(=O)N[C@@H](C)C(=O)N1CCC[C@@H](C(=O)OCC(Cl)Cl)N1. The number of nitrogens with one attached hydrogen (secondary N) is 3. The van der Waals surface area contributed by atoms with Crippen LogP contribution >= 0.6 is 23.2 Å². The molecule has 0 radical (unpaired) electrons. The average Bonchev–Trinajstić information content (AvgIpc) is 3.09. The van der Waals surface area contributed by atoms with Gasteiger partial charge in [0.15, 0.2) is 8.32 Å². The van der Waals surface area contributed by atoms with E-state index in [9.17, 15) is 24.3 Å². The van der Waals surface area contributed by atoms with Crippen molar-refractivity contribution in [2.45, 2.75) is 115 Å². The Morgan fingerprint density at radius 2 is 1.68 bits per heavy atom. The molecule has 0 unspecified atom stereocenters. The van der Waals surface area contributed by atoms with Crippen LogP contribution in [0.1, 0.15) is 85.5 Å². The lowest BCUT2D eigenvalue weighted by Crippen LogP contribution is -2.61. The Kier molecular flexibility index (Phi) is 15.5. The highest BCUT2D eigenvalue weighted by Crippen LogP contribution is 2.38. The van der Waals surface area contributed by atoms with E-state index >= 15 is 0 Å². The van der Waals surface area contributed by atoms with Crippen LogP contribution in [0.4, 0.5) is 0 Å². The fourth-order valence-electron chi connectivity index (χ4n) is 5.46. The summed E-state index contributed by atoms with van der Waals surface area (Å²) >= 11 is 11.4. The molecule has 11 nitrogen and oxygen atoms in total. The highest BCUT2D eigenvalue weighted by atomic mass is 35.5. The van der Waals surface area contributed by atoms with Crippen LogP contribution in [0.5, 0.6) is 0 Å². The van der Waals surface area contributed by atoms with Gasteiger partial charge in [0, 0.05) is 6.54 Å². The number of rotatable bonds is 15. The fraction of sp³-hybridized carbons (Fsp3) is 0.590. The van der Waals surface area contributed by atoms with Gasteiger partial charge in [-0.15, -0.1) is 23.2 Å². The van der Waals surface area contributed by atoms with E-state index in [-0.39, 0.29) is 24.2 Å². The zero-order valence-electron chi connectivity index (χ0n) is 32.7. The normalized spacial score (nSPS) is 18.5. The number of aliphatic hydroxyl groups excluding tert-OH is 1. The Morgan fingerprint density at radius 1 is 1.02 bits per heavy atom. The van der Waals surface area contributed by atoms with Crippen molar-refractivity contribution >= 4 is 72.1 Å². The van der Waals surface area contributed by atoms with E-state index in [0.29, 0.717) is 19.4 Å². The molecule has 294 valence electrons. The molecule has 14 heteroatoms. The molecule has 3 rings (SSSR count). The van der Waals surface area contributed by atoms with Gasteiger partial charge >= 0.3 is 5.97 Å². The second kappa shape index (κ2) is 18.6. The molecule has 1 aliphatic rings. The lowest BCUT2D eigenvalue weighted by atomic mass is 9.88. The predicted octanol–water partition coefficient (Wildman–Crippen LogP) is 6.42. The third-order valence-electron chi connectivity index (χ3n) is 10.1. The molecule has 0 aliphatic carbocycles. The largest absolute Gasteiger partial charge is 0.462 e. The second-order valence-electron chi connectivity index (χ2n) is 16.1. The first kappa shape index (κ1) is 44.4. The Hall–Kier alpha value is -3.00. The number of nitrogens with zero attached hydrogens (tertiary/aromatic N) is 1. The van der Waals surface area contributed by atoms with Gasteiger partial charge in [0.05, 0.1) is 18.1 Å². The average molecular weight is 794 g/mol. The smallest absolute Gasteiger partial charge is 0.325 e. The number of hydrazine groups is 1. The molecule has 4 N–H and O–H groups in total. The van der Waals surface area contributed by atoms with Crippen LogP contribution in [-0.2, 0) is 28.3 Å². The van der Waals surface area contributed by atoms with Gasteiger partial charge in [0.25, 0.3) is 5.91 Å². The van der Waals surface area contributed by atoms with E-state index in [4.69, 9.17) is 32.4 Å². The summed E-state index contributed by atoms with van der Waals surface area (Å²) in [5.74, 6) is -2.25. The topological polar surface area (TPSA) is 146 Å². The maximum absolute atomic E-state index is 14.3. The molecule has 2 aromatic carbocycles. The summed E-state index contributed by atoms with van der Waals surface area (Å²) in [5, 5.41) is 19.0. The van der Waals surface area contributed by atoms with Crippen LogP contribution in [0.25, 0.3) is 16.8 Å². The van der Waals surface area contributed by atoms with Crippen molar-refractivity contribution in [1.29, 1.82) is 0 Å². The van der Waals surface area contributed by atoms with Crippen molar-refractivity contribution in [2.75, 3.05) is 19.8 Å². The number of carbonyl (C=O) groups is 4. The number of hydrogen-bond donors (Lipinski definition) is 4. The van der Waals surface area contributed by atoms with E-state index in [2.05, 4.69) is 49.9 Å². The number of benzene rings is 2. The summed E-state index contributed by atoms with van der Waals surface area (Å²) in [6, 6.07) is 9.10. The number of amides is 3. The molecule has 0 bridgehead atoms. The van der Waals surface area contributed by atoms with Gasteiger partial charge in [-0.2, -0.15) is 0 Å². The Labute approximate surface area is 325 Å². The van der Waals surface area contributed by atoms with E-state index in [1.807, 2.05) is 62.4 Å². The third-order valence-corrected chi connectivity index (χ3v) is 14.9. The first-order chi connectivity index (χ1) is 24.5. The van der Waals surface area contributed by atoms with Gasteiger partial charge < -0.3 is 24.9 Å². The molecule has 0 spiro atoms. The van der Waals surface area contributed by atoms with E-state index in [0.717, 1.165) is 21.9 Å². The maximum Gasteiger partial charge on any atom is 0.325 e. The minimum Gasteiger partial charge on any atom is -0.462 e. The molecule has 5 atom stereocenters. The lowest BCUT2D eigenvalue weighted by molar-refractivity contribution is -0.152. The van der Waals surface area contributed by atoms with Crippen LogP contribution in [0, 0.1) is 11.3 Å². The molecule has 0 saturated carbocycles. The molecule has 1 saturated heterocycles. The monoisotopic (exact) mass is 792 g/mol. The molecule has 1 heterocycles. The van der Waals surface area contributed by atoms with E-state index in [1.165, 1.54) is 5.01 Å². The molecule has 1 fully saturated rings. The standard InChI is InChI=1S/C39H58Cl2N4O7Si/c1-24(2)33(34(47)42-25(3)35(48)45-19-11-12-31(44-45)36(49)51-22-32(40)41)43-37(50)39(8,23-52-53(9,10)38(5,6)7)18-17-27-13-14-28-15-16-29(26(4)46)21-30(28)20-27/h13-18,20-21,24-26,31-33,44,46H,11-12,19,22-23H2,1-10H3,(H,42,47)(H,43,50)/b18-17+/t25-,26+,31-,33-,39+/m0/s1. The Bertz CT molecular complexity index is 1650. The van der Waals surface area contributed by atoms with Gasteiger partial charge in [-0.05, 0) is 91.7 Å². The van der Waals surface area contributed by atoms with Crippen LogP contribution < -0.4 is 16.1 Å². The van der Waals surface area contributed by atoms with Gasteiger partial charge in [0.1, 0.15) is 29.6 Å². The van der Waals surface area contributed by atoms with Crippen molar-refractivity contribution in [3.8, 4) is 0 Å². The van der Waals surface area contributed by atoms with Gasteiger partial charge in [0.2, 0.25) is 11.8 Å². The van der Waals surface area contributed by atoms with Crippen molar-refractivity contribution in [3.05, 3.63) is 53.6 Å². The zero-order chi connectivity index (χ0) is 39.9. The van der Waals surface area contributed by atoms with Gasteiger partial charge in [-0.25, -0.2) is 5.43 Å². The highest BCUT2D eigenvalue weighted by Gasteiger charge is 2.42. The van der Waals surface area contributed by atoms with Crippen LogP contribution in [0.15, 0.2) is 42.5 Å². The first-order valence-electron chi connectivity index (χ1n) is 18.2. The van der Waals surface area contributed by atoms with Crippen molar-refractivity contribution in [2.24, 2.45) is 11.3 Å². The second-order valence-corrected chi connectivity index (χ2v) is 22.2. The number of alkyl halides is 2. The zero-order valence-corrected chi connectivity index (χ0v) is 35.2. The van der Waals surface area contributed by atoms with Crippen molar-refractivity contribution in [3.63, 3.8) is 0 Å². The number of halogens is 2. The molecule has 53 heavy (non-hydrogen) atoms. The quantitative estimate of drug-likeness (QED) is 0.0919. The summed E-state index contributed by atoms with van der Waals surface area (Å²) in [5.41, 5.74) is 3.39. The number of aliphatic hydroxyl groups is 1. The number of hydrogen-bond acceptors (Lipinski definition) is 8. The first-order valence-corrected chi connectivity index (χ1v) is 22.0. The molecule has 0 aromatic heterocycles. The van der Waals surface area contributed by atoms with Crippen molar-refractivity contribution in [1.82, 2.24) is 21.1 Å². The summed E-state index contributed by atoms with van der Waals surface area (Å²) in [7, 11) is -2.28. The number of fused-ring (bicyclic) bond motifs is 1. The summed E-state index contributed by atoms with van der Waals surface area (Å²) in [6.45, 7) is 19.6. The molecule has 3 amide bonds. The molecular weight excluding hydrogens is 735 g/mol. The predicted molar refractivity (Wildman–Crippen MR) is 214 cm³/mol. The van der Waals surface area contributed by atoms with E-state index in [1.54, 1.807) is 20.8 Å².